The first-order chi connectivity index (χ1) is 12.9. The Bertz CT molecular complexity index is 879. The first-order valence-corrected chi connectivity index (χ1v) is 10.8. The summed E-state index contributed by atoms with van der Waals surface area (Å²) in [6.45, 7) is 2.87. The van der Waals surface area contributed by atoms with Gasteiger partial charge in [-0.15, -0.1) is 0 Å². The summed E-state index contributed by atoms with van der Waals surface area (Å²) in [6.07, 6.45) is 4.17. The van der Waals surface area contributed by atoms with Crippen LogP contribution in [-0.4, -0.2) is 38.9 Å². The molecule has 1 heterocycles. The molecule has 0 aromatic heterocycles. The topological polar surface area (TPSA) is 57.7 Å². The van der Waals surface area contributed by atoms with Crippen LogP contribution in [0.3, 0.4) is 0 Å². The van der Waals surface area contributed by atoms with E-state index < -0.39 is 10.0 Å². The van der Waals surface area contributed by atoms with E-state index in [9.17, 15) is 13.2 Å². The van der Waals surface area contributed by atoms with Crippen LogP contribution in [0.4, 0.5) is 5.69 Å². The van der Waals surface area contributed by atoms with Crippen molar-refractivity contribution in [3.05, 3.63) is 60.2 Å². The van der Waals surface area contributed by atoms with Gasteiger partial charge in [0.1, 0.15) is 0 Å². The number of carbonyl (C=O) groups is 1. The Balaban J connectivity index is 1.81. The molecule has 6 heteroatoms. The Morgan fingerprint density at radius 2 is 1.74 bits per heavy atom. The summed E-state index contributed by atoms with van der Waals surface area (Å²) in [7, 11) is -2.14. The zero-order chi connectivity index (χ0) is 19.4. The maximum absolute atomic E-state index is 12.9. The third kappa shape index (κ3) is 4.00. The minimum absolute atomic E-state index is 0.0121. The summed E-state index contributed by atoms with van der Waals surface area (Å²) in [5, 5.41) is 0. The summed E-state index contributed by atoms with van der Waals surface area (Å²) >= 11 is 0. The second kappa shape index (κ2) is 8.13. The van der Waals surface area contributed by atoms with Gasteiger partial charge in [0.15, 0.2) is 0 Å². The maximum Gasteiger partial charge on any atom is 0.264 e. The van der Waals surface area contributed by atoms with Crippen LogP contribution in [0.1, 0.15) is 43.0 Å². The van der Waals surface area contributed by atoms with E-state index in [-0.39, 0.29) is 16.8 Å². The Morgan fingerprint density at radius 1 is 1.07 bits per heavy atom. The molecule has 0 bridgehead atoms. The van der Waals surface area contributed by atoms with Gasteiger partial charge in [-0.25, -0.2) is 8.42 Å². The van der Waals surface area contributed by atoms with Crippen LogP contribution in [0.5, 0.6) is 0 Å². The highest BCUT2D eigenvalue weighted by Crippen LogP contribution is 2.24. The second-order valence-electron chi connectivity index (χ2n) is 6.89. The third-order valence-corrected chi connectivity index (χ3v) is 7.04. The van der Waals surface area contributed by atoms with E-state index >= 15 is 0 Å². The standard InChI is InChI=1S/C21H26N2O3S/c1-3-18-9-7-8-16-23(18)21(24)17-12-14-20(15-13-17)27(25,26)22(2)19-10-5-4-6-11-19/h4-6,10-15,18H,3,7-9,16H2,1-2H3. The number of carbonyl (C=O) groups excluding carboxylic acids is 1. The van der Waals surface area contributed by atoms with Gasteiger partial charge in [0.2, 0.25) is 0 Å². The molecule has 27 heavy (non-hydrogen) atoms. The van der Waals surface area contributed by atoms with Gasteiger partial charge < -0.3 is 4.90 Å². The molecule has 1 saturated heterocycles. The maximum atomic E-state index is 12.9. The van der Waals surface area contributed by atoms with Gasteiger partial charge in [0, 0.05) is 25.2 Å². The van der Waals surface area contributed by atoms with Crippen molar-refractivity contribution >= 4 is 21.6 Å². The second-order valence-corrected chi connectivity index (χ2v) is 8.86. The van der Waals surface area contributed by atoms with Crippen molar-refractivity contribution in [1.29, 1.82) is 0 Å². The van der Waals surface area contributed by atoms with Gasteiger partial charge in [0.25, 0.3) is 15.9 Å². The summed E-state index contributed by atoms with van der Waals surface area (Å²) < 4.78 is 26.9. The van der Waals surface area contributed by atoms with Crippen LogP contribution in [0, 0.1) is 0 Å². The minimum atomic E-state index is -3.67. The predicted octanol–water partition coefficient (Wildman–Crippen LogP) is 3.92. The fraction of sp³-hybridized carbons (Fsp3) is 0.381. The summed E-state index contributed by atoms with van der Waals surface area (Å²) in [4.78, 5) is 15.0. The van der Waals surface area contributed by atoms with Crippen molar-refractivity contribution in [3.8, 4) is 0 Å². The lowest BCUT2D eigenvalue weighted by atomic mass is 9.99. The van der Waals surface area contributed by atoms with Gasteiger partial charge in [-0.1, -0.05) is 25.1 Å². The van der Waals surface area contributed by atoms with Crippen molar-refractivity contribution in [3.63, 3.8) is 0 Å². The monoisotopic (exact) mass is 386 g/mol. The number of amides is 1. The molecule has 5 nitrogen and oxygen atoms in total. The fourth-order valence-corrected chi connectivity index (χ4v) is 4.76. The van der Waals surface area contributed by atoms with E-state index in [1.54, 1.807) is 36.4 Å². The number of piperidine rings is 1. The van der Waals surface area contributed by atoms with Crippen LogP contribution in [-0.2, 0) is 10.0 Å². The Kier molecular flexibility index (Phi) is 5.85. The van der Waals surface area contributed by atoms with Crippen LogP contribution in [0.15, 0.2) is 59.5 Å². The molecule has 0 saturated carbocycles. The predicted molar refractivity (Wildman–Crippen MR) is 107 cm³/mol. The first-order valence-electron chi connectivity index (χ1n) is 9.40. The van der Waals surface area contributed by atoms with E-state index in [1.165, 1.54) is 23.5 Å². The van der Waals surface area contributed by atoms with Crippen molar-refractivity contribution < 1.29 is 13.2 Å². The highest BCUT2D eigenvalue weighted by Gasteiger charge is 2.27. The molecule has 2 aromatic carbocycles. The average molecular weight is 387 g/mol. The number of hydrogen-bond donors (Lipinski definition) is 0. The zero-order valence-corrected chi connectivity index (χ0v) is 16.7. The molecule has 1 aliphatic rings. The number of benzene rings is 2. The van der Waals surface area contributed by atoms with Gasteiger partial charge >= 0.3 is 0 Å². The number of sulfonamides is 1. The van der Waals surface area contributed by atoms with Gasteiger partial charge in [0.05, 0.1) is 10.6 Å². The molecule has 0 N–H and O–H groups in total. The Hall–Kier alpha value is -2.34. The number of hydrogen-bond acceptors (Lipinski definition) is 3. The van der Waals surface area contributed by atoms with E-state index in [1.807, 2.05) is 11.0 Å². The summed E-state index contributed by atoms with van der Waals surface area (Å²) in [6, 6.07) is 15.5. The molecule has 2 aromatic rings. The molecule has 1 fully saturated rings. The van der Waals surface area contributed by atoms with Crippen molar-refractivity contribution in [2.24, 2.45) is 0 Å². The van der Waals surface area contributed by atoms with Crippen molar-refractivity contribution in [2.75, 3.05) is 17.9 Å². The summed E-state index contributed by atoms with van der Waals surface area (Å²) in [5.74, 6) is -0.0121. The zero-order valence-electron chi connectivity index (χ0n) is 15.8. The molecule has 0 radical (unpaired) electrons. The SMILES string of the molecule is CCC1CCCCN1C(=O)c1ccc(S(=O)(=O)N(C)c2ccccc2)cc1. The highest BCUT2D eigenvalue weighted by atomic mass is 32.2. The van der Waals surface area contributed by atoms with Crippen LogP contribution in [0.2, 0.25) is 0 Å². The van der Waals surface area contributed by atoms with Crippen LogP contribution < -0.4 is 4.31 Å². The first kappa shape index (κ1) is 19.4. The number of nitrogens with zero attached hydrogens (tertiary/aromatic N) is 2. The number of likely N-dealkylation sites (tertiary alicyclic amines) is 1. The number of anilines is 1. The molecule has 1 atom stereocenters. The molecule has 144 valence electrons. The van der Waals surface area contributed by atoms with Crippen LogP contribution >= 0.6 is 0 Å². The van der Waals surface area contributed by atoms with Gasteiger partial charge in [-0.3, -0.25) is 9.10 Å². The molecule has 0 spiro atoms. The van der Waals surface area contributed by atoms with Crippen molar-refractivity contribution in [1.82, 2.24) is 4.90 Å². The molecule has 0 aliphatic carbocycles. The van der Waals surface area contributed by atoms with E-state index in [0.29, 0.717) is 11.3 Å². The highest BCUT2D eigenvalue weighted by molar-refractivity contribution is 7.92. The van der Waals surface area contributed by atoms with E-state index in [4.69, 9.17) is 0 Å². The largest absolute Gasteiger partial charge is 0.336 e. The Labute approximate surface area is 161 Å². The molecule has 1 unspecified atom stereocenters. The summed E-state index contributed by atoms with van der Waals surface area (Å²) in [5.41, 5.74) is 1.13. The average Bonchev–Trinajstić information content (AvgIpc) is 2.73. The lowest BCUT2D eigenvalue weighted by Gasteiger charge is -2.35. The molecule has 1 amide bonds. The smallest absolute Gasteiger partial charge is 0.264 e. The molecular formula is C21H26N2O3S. The van der Waals surface area contributed by atoms with Crippen LogP contribution in [0.25, 0.3) is 0 Å². The molecular weight excluding hydrogens is 360 g/mol. The van der Waals surface area contributed by atoms with E-state index in [0.717, 1.165) is 32.2 Å². The third-order valence-electron chi connectivity index (χ3n) is 5.24. The minimum Gasteiger partial charge on any atom is -0.336 e. The fourth-order valence-electron chi connectivity index (χ4n) is 3.56. The number of rotatable bonds is 5. The molecule has 3 rings (SSSR count). The Morgan fingerprint density at radius 3 is 2.37 bits per heavy atom. The van der Waals surface area contributed by atoms with Crippen molar-refractivity contribution in [2.45, 2.75) is 43.5 Å². The lowest BCUT2D eigenvalue weighted by molar-refractivity contribution is 0.0608. The quantitative estimate of drug-likeness (QED) is 0.783. The van der Waals surface area contributed by atoms with Gasteiger partial charge in [-0.05, 0) is 62.1 Å². The van der Waals surface area contributed by atoms with Gasteiger partial charge in [-0.2, -0.15) is 0 Å². The lowest BCUT2D eigenvalue weighted by Crippen LogP contribution is -2.43. The van der Waals surface area contributed by atoms with E-state index in [2.05, 4.69) is 6.92 Å². The number of para-hydroxylation sites is 1. The molecule has 1 aliphatic heterocycles. The normalized spacial score (nSPS) is 17.6.